The minimum atomic E-state index is -3.48. The van der Waals surface area contributed by atoms with Crippen LogP contribution in [-0.4, -0.2) is 73.7 Å². The Morgan fingerprint density at radius 2 is 1.63 bits per heavy atom. The molecule has 30 heavy (non-hydrogen) atoms. The number of hydrogen-bond acceptors (Lipinski definition) is 4. The van der Waals surface area contributed by atoms with Crippen LogP contribution in [0.25, 0.3) is 0 Å². The molecule has 1 aromatic carbocycles. The van der Waals surface area contributed by atoms with E-state index in [9.17, 15) is 13.2 Å². The van der Waals surface area contributed by atoms with Crippen LogP contribution < -0.4 is 0 Å². The van der Waals surface area contributed by atoms with Gasteiger partial charge in [0.25, 0.3) is 0 Å². The standard InChI is InChI=1S/C23H35N3O3S/c1-18-9-10-21(16-19(18)2)30(28,29)25-14-12-24(13-15-25)17-23(27)26-11-5-7-20-6-3-4-8-22(20)26/h9-10,16,20,22H,3-8,11-15,17H2,1-2H3/t20-,22+/m0/s1. The Kier molecular flexibility index (Phi) is 6.51. The SMILES string of the molecule is Cc1ccc(S(=O)(=O)N2CCN(CC(=O)N3CCC[C@@H]4CCCC[C@H]43)CC2)cc1C. The molecule has 0 radical (unpaired) electrons. The lowest BCUT2D eigenvalue weighted by Crippen LogP contribution is -2.55. The molecule has 2 heterocycles. The van der Waals surface area contributed by atoms with Gasteiger partial charge in [-0.2, -0.15) is 4.31 Å². The number of carbonyl (C=O) groups is 1. The lowest BCUT2D eigenvalue weighted by Gasteiger charge is -2.45. The fourth-order valence-corrected chi connectivity index (χ4v) is 6.88. The Morgan fingerprint density at radius 1 is 0.933 bits per heavy atom. The number of piperazine rings is 1. The summed E-state index contributed by atoms with van der Waals surface area (Å²) in [5.74, 6) is 0.925. The molecule has 1 saturated carbocycles. The number of rotatable bonds is 4. The van der Waals surface area contributed by atoms with Gasteiger partial charge >= 0.3 is 0 Å². The number of aryl methyl sites for hydroxylation is 2. The summed E-state index contributed by atoms with van der Waals surface area (Å²) in [5, 5.41) is 0. The van der Waals surface area contributed by atoms with E-state index in [1.165, 1.54) is 25.7 Å². The molecule has 0 spiro atoms. The third-order valence-corrected chi connectivity index (χ3v) is 9.26. The van der Waals surface area contributed by atoms with Gasteiger partial charge in [0.15, 0.2) is 0 Å². The molecule has 166 valence electrons. The fourth-order valence-electron chi connectivity index (χ4n) is 5.37. The van der Waals surface area contributed by atoms with Crippen LogP contribution in [0, 0.1) is 19.8 Å². The number of likely N-dealkylation sites (tertiary alicyclic amines) is 1. The van der Waals surface area contributed by atoms with E-state index in [0.717, 1.165) is 30.5 Å². The quantitative estimate of drug-likeness (QED) is 0.733. The number of sulfonamides is 1. The Balaban J connectivity index is 1.34. The van der Waals surface area contributed by atoms with Gasteiger partial charge in [0.05, 0.1) is 11.4 Å². The normalized spacial score (nSPS) is 26.4. The molecule has 6 nitrogen and oxygen atoms in total. The van der Waals surface area contributed by atoms with E-state index in [2.05, 4.69) is 9.80 Å². The Bertz CT molecular complexity index is 876. The average Bonchev–Trinajstić information content (AvgIpc) is 2.75. The third kappa shape index (κ3) is 4.43. The number of benzene rings is 1. The third-order valence-electron chi connectivity index (χ3n) is 7.37. The predicted octanol–water partition coefficient (Wildman–Crippen LogP) is 2.79. The zero-order chi connectivity index (χ0) is 21.3. The Hall–Kier alpha value is -1.44. The van der Waals surface area contributed by atoms with Gasteiger partial charge in [-0.3, -0.25) is 9.69 Å². The van der Waals surface area contributed by atoms with E-state index in [0.29, 0.717) is 49.6 Å². The molecule has 2 atom stereocenters. The predicted molar refractivity (Wildman–Crippen MR) is 118 cm³/mol. The minimum Gasteiger partial charge on any atom is -0.338 e. The van der Waals surface area contributed by atoms with Crippen molar-refractivity contribution in [1.29, 1.82) is 0 Å². The van der Waals surface area contributed by atoms with Gasteiger partial charge in [0, 0.05) is 38.8 Å². The van der Waals surface area contributed by atoms with Gasteiger partial charge in [0.2, 0.25) is 15.9 Å². The zero-order valence-electron chi connectivity index (χ0n) is 18.3. The van der Waals surface area contributed by atoms with Gasteiger partial charge in [0.1, 0.15) is 0 Å². The molecule has 1 aromatic rings. The fraction of sp³-hybridized carbons (Fsp3) is 0.696. The van der Waals surface area contributed by atoms with Crippen molar-refractivity contribution >= 4 is 15.9 Å². The van der Waals surface area contributed by atoms with E-state index in [4.69, 9.17) is 0 Å². The van der Waals surface area contributed by atoms with Gasteiger partial charge in [-0.15, -0.1) is 0 Å². The van der Waals surface area contributed by atoms with Crippen LogP contribution >= 0.6 is 0 Å². The lowest BCUT2D eigenvalue weighted by molar-refractivity contribution is -0.139. The van der Waals surface area contributed by atoms with E-state index < -0.39 is 10.0 Å². The highest BCUT2D eigenvalue weighted by Crippen LogP contribution is 2.35. The van der Waals surface area contributed by atoms with Crippen LogP contribution in [0.4, 0.5) is 0 Å². The minimum absolute atomic E-state index is 0.233. The number of piperidine rings is 1. The van der Waals surface area contributed by atoms with Crippen molar-refractivity contribution in [2.24, 2.45) is 5.92 Å². The van der Waals surface area contributed by atoms with Gasteiger partial charge in [-0.25, -0.2) is 8.42 Å². The summed E-state index contributed by atoms with van der Waals surface area (Å²) in [6.45, 7) is 7.33. The average molecular weight is 434 g/mol. The Morgan fingerprint density at radius 3 is 2.37 bits per heavy atom. The van der Waals surface area contributed by atoms with Crippen molar-refractivity contribution in [2.75, 3.05) is 39.3 Å². The molecule has 0 aromatic heterocycles. The van der Waals surface area contributed by atoms with Gasteiger partial charge in [-0.05, 0) is 68.7 Å². The van der Waals surface area contributed by atoms with Crippen LogP contribution in [0.1, 0.15) is 49.7 Å². The summed E-state index contributed by atoms with van der Waals surface area (Å²) >= 11 is 0. The maximum Gasteiger partial charge on any atom is 0.243 e. The van der Waals surface area contributed by atoms with Crippen molar-refractivity contribution in [3.8, 4) is 0 Å². The number of amides is 1. The van der Waals surface area contributed by atoms with Crippen molar-refractivity contribution < 1.29 is 13.2 Å². The van der Waals surface area contributed by atoms with Crippen LogP contribution in [0.2, 0.25) is 0 Å². The first-order chi connectivity index (χ1) is 14.4. The van der Waals surface area contributed by atoms with Crippen molar-refractivity contribution in [2.45, 2.75) is 63.3 Å². The highest BCUT2D eigenvalue weighted by molar-refractivity contribution is 7.89. The van der Waals surface area contributed by atoms with Crippen LogP contribution in [0.3, 0.4) is 0 Å². The highest BCUT2D eigenvalue weighted by Gasteiger charge is 2.36. The molecular formula is C23H35N3O3S. The summed E-state index contributed by atoms with van der Waals surface area (Å²) in [4.78, 5) is 17.7. The van der Waals surface area contributed by atoms with E-state index in [1.807, 2.05) is 19.9 Å². The zero-order valence-corrected chi connectivity index (χ0v) is 19.2. The molecule has 3 aliphatic rings. The molecule has 7 heteroatoms. The smallest absolute Gasteiger partial charge is 0.243 e. The van der Waals surface area contributed by atoms with Crippen molar-refractivity contribution in [1.82, 2.24) is 14.1 Å². The van der Waals surface area contributed by atoms with E-state index >= 15 is 0 Å². The molecule has 2 aliphatic heterocycles. The summed E-state index contributed by atoms with van der Waals surface area (Å²) in [7, 11) is -3.48. The molecular weight excluding hydrogens is 398 g/mol. The molecule has 0 bridgehead atoms. The number of hydrogen-bond donors (Lipinski definition) is 0. The molecule has 3 fully saturated rings. The molecule has 4 rings (SSSR count). The highest BCUT2D eigenvalue weighted by atomic mass is 32.2. The number of nitrogens with zero attached hydrogens (tertiary/aromatic N) is 3. The maximum absolute atomic E-state index is 13.0. The second-order valence-corrected chi connectivity index (χ2v) is 11.2. The van der Waals surface area contributed by atoms with E-state index in [1.54, 1.807) is 16.4 Å². The number of fused-ring (bicyclic) bond motifs is 1. The second kappa shape index (κ2) is 8.97. The molecule has 0 unspecified atom stereocenters. The maximum atomic E-state index is 13.0. The molecule has 2 saturated heterocycles. The van der Waals surface area contributed by atoms with Crippen molar-refractivity contribution in [3.63, 3.8) is 0 Å². The topological polar surface area (TPSA) is 60.9 Å². The lowest BCUT2D eigenvalue weighted by atomic mass is 9.78. The summed E-state index contributed by atoms with van der Waals surface area (Å²) in [5.41, 5.74) is 2.08. The molecule has 0 N–H and O–H groups in total. The van der Waals surface area contributed by atoms with Crippen LogP contribution in [0.5, 0.6) is 0 Å². The first kappa shape index (κ1) is 21.8. The number of carbonyl (C=O) groups excluding carboxylic acids is 1. The Labute approximate surface area is 181 Å². The van der Waals surface area contributed by atoms with Crippen LogP contribution in [-0.2, 0) is 14.8 Å². The van der Waals surface area contributed by atoms with Gasteiger partial charge < -0.3 is 4.90 Å². The first-order valence-electron chi connectivity index (χ1n) is 11.5. The monoisotopic (exact) mass is 433 g/mol. The van der Waals surface area contributed by atoms with Gasteiger partial charge in [-0.1, -0.05) is 18.9 Å². The molecule has 1 amide bonds. The van der Waals surface area contributed by atoms with E-state index in [-0.39, 0.29) is 5.91 Å². The largest absolute Gasteiger partial charge is 0.338 e. The second-order valence-electron chi connectivity index (χ2n) is 9.27. The van der Waals surface area contributed by atoms with Crippen LogP contribution in [0.15, 0.2) is 23.1 Å². The summed E-state index contributed by atoms with van der Waals surface area (Å²) < 4.78 is 27.6. The van der Waals surface area contributed by atoms with Crippen molar-refractivity contribution in [3.05, 3.63) is 29.3 Å². The summed E-state index contributed by atoms with van der Waals surface area (Å²) in [6, 6.07) is 5.77. The summed E-state index contributed by atoms with van der Waals surface area (Å²) in [6.07, 6.45) is 7.35. The molecule has 1 aliphatic carbocycles. The first-order valence-corrected chi connectivity index (χ1v) is 12.9.